The molecule has 66 valence electrons. The Labute approximate surface area is 71.8 Å². The average Bonchev–Trinajstić information content (AvgIpc) is 2.11. The Hall–Kier alpha value is -1.58. The molecule has 0 spiro atoms. The highest BCUT2D eigenvalue weighted by atomic mass is 16.6. The van der Waals surface area contributed by atoms with Crippen molar-refractivity contribution in [2.75, 3.05) is 14.2 Å². The summed E-state index contributed by atoms with van der Waals surface area (Å²) < 4.78 is 0. The van der Waals surface area contributed by atoms with Gasteiger partial charge in [0.05, 0.1) is 11.8 Å². The highest BCUT2D eigenvalue weighted by Gasteiger charge is 2.07. The van der Waals surface area contributed by atoms with Crippen LogP contribution in [0, 0.1) is 0 Å². The minimum absolute atomic E-state index is 0.249. The maximum atomic E-state index is 11.2. The molecule has 1 amide bonds. The third kappa shape index (κ3) is 3.01. The molecule has 0 radical (unpaired) electrons. The SMILES string of the molecule is C=CN(C)C(=O)C(=C)/C=N\OC. The molecule has 0 heterocycles. The lowest BCUT2D eigenvalue weighted by Gasteiger charge is -2.09. The summed E-state index contributed by atoms with van der Waals surface area (Å²) in [6.45, 7) is 6.93. The van der Waals surface area contributed by atoms with Gasteiger partial charge in [-0.3, -0.25) is 4.79 Å². The lowest BCUT2D eigenvalue weighted by Crippen LogP contribution is -2.22. The van der Waals surface area contributed by atoms with Crippen molar-refractivity contribution in [3.05, 3.63) is 24.9 Å². The van der Waals surface area contributed by atoms with Crippen LogP contribution in [0.25, 0.3) is 0 Å². The Morgan fingerprint density at radius 2 is 2.25 bits per heavy atom. The summed E-state index contributed by atoms with van der Waals surface area (Å²) in [6, 6.07) is 0. The molecule has 4 nitrogen and oxygen atoms in total. The van der Waals surface area contributed by atoms with Gasteiger partial charge in [-0.15, -0.1) is 0 Å². The van der Waals surface area contributed by atoms with Crippen molar-refractivity contribution < 1.29 is 9.63 Å². The Bertz CT molecular complexity index is 221. The quantitative estimate of drug-likeness (QED) is 0.353. The molecule has 0 atom stereocenters. The van der Waals surface area contributed by atoms with Crippen LogP contribution in [0.4, 0.5) is 0 Å². The number of hydrogen-bond acceptors (Lipinski definition) is 3. The first-order valence-corrected chi connectivity index (χ1v) is 3.28. The fourth-order valence-electron chi connectivity index (χ4n) is 0.481. The topological polar surface area (TPSA) is 41.9 Å². The molecule has 4 heteroatoms. The molecule has 0 bridgehead atoms. The van der Waals surface area contributed by atoms with Crippen molar-refractivity contribution >= 4 is 12.1 Å². The van der Waals surface area contributed by atoms with Crippen LogP contribution in [0.15, 0.2) is 30.1 Å². The normalized spacial score (nSPS) is 9.50. The summed E-state index contributed by atoms with van der Waals surface area (Å²) in [7, 11) is 2.98. The first kappa shape index (κ1) is 10.4. The molecule has 0 aliphatic heterocycles. The highest BCUT2D eigenvalue weighted by Crippen LogP contribution is 1.94. The second-order valence-corrected chi connectivity index (χ2v) is 2.04. The molecule has 0 aromatic heterocycles. The zero-order chi connectivity index (χ0) is 9.56. The van der Waals surface area contributed by atoms with E-state index in [-0.39, 0.29) is 11.5 Å². The number of likely N-dealkylation sites (N-methyl/N-ethyl adjacent to an activating group) is 1. The number of carbonyl (C=O) groups is 1. The van der Waals surface area contributed by atoms with E-state index in [1.165, 1.54) is 24.4 Å². The molecule has 0 unspecified atom stereocenters. The molecule has 0 N–H and O–H groups in total. The summed E-state index contributed by atoms with van der Waals surface area (Å²) in [5.74, 6) is -0.259. The van der Waals surface area contributed by atoms with E-state index in [1.54, 1.807) is 7.05 Å². The molecular weight excluding hydrogens is 156 g/mol. The predicted octanol–water partition coefficient (Wildman–Crippen LogP) is 0.777. The van der Waals surface area contributed by atoms with Gasteiger partial charge in [-0.25, -0.2) is 0 Å². The molecule has 0 rings (SSSR count). The average molecular weight is 168 g/mol. The van der Waals surface area contributed by atoms with Crippen molar-refractivity contribution in [3.63, 3.8) is 0 Å². The molecule has 0 fully saturated rings. The zero-order valence-corrected chi connectivity index (χ0v) is 7.28. The van der Waals surface area contributed by atoms with Gasteiger partial charge in [-0.2, -0.15) is 0 Å². The molecule has 0 aliphatic rings. The van der Waals surface area contributed by atoms with Crippen molar-refractivity contribution in [1.29, 1.82) is 0 Å². The van der Waals surface area contributed by atoms with Crippen LogP contribution in [0.5, 0.6) is 0 Å². The molecule has 0 aliphatic carbocycles. The van der Waals surface area contributed by atoms with Gasteiger partial charge in [0, 0.05) is 7.05 Å². The van der Waals surface area contributed by atoms with Crippen LogP contribution in [-0.4, -0.2) is 31.2 Å². The monoisotopic (exact) mass is 168 g/mol. The minimum Gasteiger partial charge on any atom is -0.399 e. The van der Waals surface area contributed by atoms with Crippen LogP contribution < -0.4 is 0 Å². The van der Waals surface area contributed by atoms with Gasteiger partial charge in [0.1, 0.15) is 7.11 Å². The summed E-state index contributed by atoms with van der Waals surface area (Å²) in [5, 5.41) is 3.40. The second kappa shape index (κ2) is 5.12. The Morgan fingerprint density at radius 3 is 2.67 bits per heavy atom. The highest BCUT2D eigenvalue weighted by molar-refractivity contribution is 6.11. The standard InChI is InChI=1S/C8H12N2O2/c1-5-10(3)8(11)7(2)6-9-12-4/h5-6H,1-2H2,3-4H3/b9-6-. The lowest BCUT2D eigenvalue weighted by atomic mass is 10.3. The van der Waals surface area contributed by atoms with Crippen LogP contribution in [-0.2, 0) is 9.63 Å². The van der Waals surface area contributed by atoms with E-state index in [0.29, 0.717) is 0 Å². The van der Waals surface area contributed by atoms with E-state index >= 15 is 0 Å². The lowest BCUT2D eigenvalue weighted by molar-refractivity contribution is -0.123. The van der Waals surface area contributed by atoms with Crippen LogP contribution >= 0.6 is 0 Å². The van der Waals surface area contributed by atoms with Crippen LogP contribution in [0.1, 0.15) is 0 Å². The minimum atomic E-state index is -0.259. The number of amides is 1. The second-order valence-electron chi connectivity index (χ2n) is 2.04. The largest absolute Gasteiger partial charge is 0.399 e. The van der Waals surface area contributed by atoms with Gasteiger partial charge >= 0.3 is 0 Å². The smallest absolute Gasteiger partial charge is 0.258 e. The number of hydrogen-bond donors (Lipinski definition) is 0. The number of oxime groups is 1. The van der Waals surface area contributed by atoms with Gasteiger partial charge in [-0.1, -0.05) is 18.3 Å². The van der Waals surface area contributed by atoms with Crippen molar-refractivity contribution in [2.24, 2.45) is 5.16 Å². The molecule has 0 saturated heterocycles. The van der Waals surface area contributed by atoms with Gasteiger partial charge in [0.15, 0.2) is 0 Å². The van der Waals surface area contributed by atoms with Gasteiger partial charge < -0.3 is 9.74 Å². The van der Waals surface area contributed by atoms with E-state index in [4.69, 9.17) is 0 Å². The van der Waals surface area contributed by atoms with Gasteiger partial charge in [0.25, 0.3) is 5.91 Å². The van der Waals surface area contributed by atoms with Crippen LogP contribution in [0.2, 0.25) is 0 Å². The number of rotatable bonds is 4. The fraction of sp³-hybridized carbons (Fsp3) is 0.250. The number of carbonyl (C=O) groups excluding carboxylic acids is 1. The fourth-order valence-corrected chi connectivity index (χ4v) is 0.481. The van der Waals surface area contributed by atoms with E-state index in [9.17, 15) is 4.79 Å². The van der Waals surface area contributed by atoms with E-state index < -0.39 is 0 Å². The summed E-state index contributed by atoms with van der Waals surface area (Å²) in [5.41, 5.74) is 0.249. The van der Waals surface area contributed by atoms with E-state index in [2.05, 4.69) is 23.2 Å². The first-order valence-electron chi connectivity index (χ1n) is 3.28. The maximum absolute atomic E-state index is 11.2. The Morgan fingerprint density at radius 1 is 1.67 bits per heavy atom. The van der Waals surface area contributed by atoms with Gasteiger partial charge in [-0.05, 0) is 6.20 Å². The van der Waals surface area contributed by atoms with E-state index in [0.717, 1.165) is 0 Å². The predicted molar refractivity (Wildman–Crippen MR) is 47.6 cm³/mol. The summed E-state index contributed by atoms with van der Waals surface area (Å²) >= 11 is 0. The molecule has 0 saturated carbocycles. The van der Waals surface area contributed by atoms with Crippen LogP contribution in [0.3, 0.4) is 0 Å². The first-order chi connectivity index (χ1) is 5.63. The van der Waals surface area contributed by atoms with Crippen molar-refractivity contribution in [1.82, 2.24) is 4.90 Å². The van der Waals surface area contributed by atoms with Gasteiger partial charge in [0.2, 0.25) is 0 Å². The Kier molecular flexibility index (Phi) is 4.45. The molecular formula is C8H12N2O2. The molecule has 12 heavy (non-hydrogen) atoms. The van der Waals surface area contributed by atoms with E-state index in [1.807, 2.05) is 0 Å². The third-order valence-electron chi connectivity index (χ3n) is 1.18. The summed E-state index contributed by atoms with van der Waals surface area (Å²) in [4.78, 5) is 16.9. The van der Waals surface area contributed by atoms with Crippen molar-refractivity contribution in [3.8, 4) is 0 Å². The third-order valence-corrected chi connectivity index (χ3v) is 1.18. The number of nitrogens with zero attached hydrogens (tertiary/aromatic N) is 2. The maximum Gasteiger partial charge on any atom is 0.258 e. The summed E-state index contributed by atoms with van der Waals surface area (Å²) in [6.07, 6.45) is 2.65. The Balaban J connectivity index is 4.20. The van der Waals surface area contributed by atoms with Crippen molar-refractivity contribution in [2.45, 2.75) is 0 Å². The molecule has 0 aromatic rings. The molecule has 0 aromatic carbocycles. The zero-order valence-electron chi connectivity index (χ0n) is 7.28.